The molecule has 118 valence electrons. The molecule has 0 aliphatic carbocycles. The van der Waals surface area contributed by atoms with Gasteiger partial charge in [0, 0.05) is 31.2 Å². The molecule has 1 N–H and O–H groups in total. The van der Waals surface area contributed by atoms with Gasteiger partial charge in [0.1, 0.15) is 6.04 Å². The zero-order valence-corrected chi connectivity index (χ0v) is 13.8. The molecule has 2 rings (SSSR count). The summed E-state index contributed by atoms with van der Waals surface area (Å²) in [4.78, 5) is 16.3. The molecule has 9 heteroatoms. The molecular formula is C12H20N4O3S2. The highest BCUT2D eigenvalue weighted by atomic mass is 32.2. The standard InChI is InChI=1S/C12H20N4O3S2/c1-3-15(4-2)21(18,19)16-8-5-6-10(16)11(17)14-12-13-7-9-20-12/h7,9-10H,3-6,8H2,1-2H3,(H,13,14,17)/t10-/m1/s1. The molecule has 1 saturated heterocycles. The molecule has 1 fully saturated rings. The molecule has 1 amide bonds. The first kappa shape index (κ1) is 16.3. The van der Waals surface area contributed by atoms with Crippen molar-refractivity contribution >= 4 is 32.6 Å². The quantitative estimate of drug-likeness (QED) is 0.846. The SMILES string of the molecule is CCN(CC)S(=O)(=O)N1CCC[C@@H]1C(=O)Nc1nccs1. The predicted octanol–water partition coefficient (Wildman–Crippen LogP) is 1.13. The van der Waals surface area contributed by atoms with Crippen LogP contribution >= 0.6 is 11.3 Å². The maximum Gasteiger partial charge on any atom is 0.282 e. The van der Waals surface area contributed by atoms with Gasteiger partial charge < -0.3 is 5.32 Å². The lowest BCUT2D eigenvalue weighted by Gasteiger charge is -2.28. The fraction of sp³-hybridized carbons (Fsp3) is 0.667. The molecule has 0 bridgehead atoms. The van der Waals surface area contributed by atoms with Crippen LogP contribution in [0.25, 0.3) is 0 Å². The first-order valence-electron chi connectivity index (χ1n) is 6.98. The Kier molecular flexibility index (Phi) is 5.31. The summed E-state index contributed by atoms with van der Waals surface area (Å²) < 4.78 is 27.8. The Morgan fingerprint density at radius 1 is 1.52 bits per heavy atom. The number of carbonyl (C=O) groups excluding carboxylic acids is 1. The van der Waals surface area contributed by atoms with Crippen LogP contribution in [0, 0.1) is 0 Å². The molecule has 0 radical (unpaired) electrons. The van der Waals surface area contributed by atoms with Gasteiger partial charge in [0.15, 0.2) is 5.13 Å². The van der Waals surface area contributed by atoms with E-state index in [-0.39, 0.29) is 5.91 Å². The van der Waals surface area contributed by atoms with E-state index in [0.29, 0.717) is 37.6 Å². The van der Waals surface area contributed by atoms with Crippen molar-refractivity contribution in [2.75, 3.05) is 25.0 Å². The maximum atomic E-state index is 12.6. The van der Waals surface area contributed by atoms with Crippen molar-refractivity contribution in [2.24, 2.45) is 0 Å². The number of thiazole rings is 1. The van der Waals surface area contributed by atoms with E-state index in [1.54, 1.807) is 25.4 Å². The first-order valence-corrected chi connectivity index (χ1v) is 9.25. The van der Waals surface area contributed by atoms with Crippen LogP contribution in [0.4, 0.5) is 5.13 Å². The normalized spacial score (nSPS) is 20.0. The van der Waals surface area contributed by atoms with Gasteiger partial charge in [0.25, 0.3) is 10.2 Å². The number of anilines is 1. The third-order valence-electron chi connectivity index (χ3n) is 3.50. The number of nitrogens with one attached hydrogen (secondary N) is 1. The Balaban J connectivity index is 2.14. The minimum absolute atomic E-state index is 0.307. The molecule has 0 aromatic carbocycles. The molecule has 2 heterocycles. The van der Waals surface area contributed by atoms with Crippen molar-refractivity contribution in [2.45, 2.75) is 32.7 Å². The Morgan fingerprint density at radius 2 is 2.24 bits per heavy atom. The number of hydrogen-bond acceptors (Lipinski definition) is 5. The molecule has 1 aliphatic heterocycles. The molecule has 7 nitrogen and oxygen atoms in total. The summed E-state index contributed by atoms with van der Waals surface area (Å²) >= 11 is 1.31. The molecule has 0 saturated carbocycles. The Morgan fingerprint density at radius 3 is 2.81 bits per heavy atom. The zero-order valence-electron chi connectivity index (χ0n) is 12.2. The van der Waals surface area contributed by atoms with Crippen LogP contribution < -0.4 is 5.32 Å². The molecule has 1 atom stereocenters. The fourth-order valence-corrected chi connectivity index (χ4v) is 4.81. The average Bonchev–Trinajstić information content (AvgIpc) is 3.10. The zero-order chi connectivity index (χ0) is 15.5. The highest BCUT2D eigenvalue weighted by molar-refractivity contribution is 7.86. The van der Waals surface area contributed by atoms with E-state index in [2.05, 4.69) is 10.3 Å². The van der Waals surface area contributed by atoms with Crippen molar-refractivity contribution in [1.29, 1.82) is 0 Å². The van der Waals surface area contributed by atoms with Gasteiger partial charge in [-0.05, 0) is 12.8 Å². The molecular weight excluding hydrogens is 312 g/mol. The van der Waals surface area contributed by atoms with Crippen molar-refractivity contribution in [1.82, 2.24) is 13.6 Å². The second-order valence-corrected chi connectivity index (χ2v) is 7.46. The molecule has 1 aromatic rings. The molecule has 21 heavy (non-hydrogen) atoms. The number of carbonyl (C=O) groups is 1. The minimum atomic E-state index is -3.59. The summed E-state index contributed by atoms with van der Waals surface area (Å²) in [5.74, 6) is -0.307. The van der Waals surface area contributed by atoms with Gasteiger partial charge in [0.2, 0.25) is 5.91 Å². The number of aromatic nitrogens is 1. The van der Waals surface area contributed by atoms with Crippen LogP contribution in [-0.2, 0) is 15.0 Å². The van der Waals surface area contributed by atoms with Crippen LogP contribution in [0.1, 0.15) is 26.7 Å². The van der Waals surface area contributed by atoms with E-state index in [1.165, 1.54) is 19.9 Å². The van der Waals surface area contributed by atoms with Crippen LogP contribution in [0.5, 0.6) is 0 Å². The van der Waals surface area contributed by atoms with Gasteiger partial charge >= 0.3 is 0 Å². The molecule has 1 aromatic heterocycles. The topological polar surface area (TPSA) is 82.6 Å². The first-order chi connectivity index (χ1) is 10.0. The van der Waals surface area contributed by atoms with Gasteiger partial charge in [0.05, 0.1) is 0 Å². The van der Waals surface area contributed by atoms with Gasteiger partial charge in [-0.3, -0.25) is 4.79 Å². The lowest BCUT2D eigenvalue weighted by Crippen LogP contribution is -2.49. The highest BCUT2D eigenvalue weighted by Gasteiger charge is 2.40. The predicted molar refractivity (Wildman–Crippen MR) is 82.3 cm³/mol. The Hall–Kier alpha value is -1.03. The van der Waals surface area contributed by atoms with Crippen LogP contribution in [0.3, 0.4) is 0 Å². The fourth-order valence-electron chi connectivity index (χ4n) is 2.45. The van der Waals surface area contributed by atoms with Crippen LogP contribution in [0.2, 0.25) is 0 Å². The monoisotopic (exact) mass is 332 g/mol. The molecule has 1 aliphatic rings. The van der Waals surface area contributed by atoms with Gasteiger partial charge in [-0.1, -0.05) is 13.8 Å². The maximum absolute atomic E-state index is 12.6. The second kappa shape index (κ2) is 6.82. The third-order valence-corrected chi connectivity index (χ3v) is 6.38. The lowest BCUT2D eigenvalue weighted by atomic mass is 10.2. The van der Waals surface area contributed by atoms with Gasteiger partial charge in [-0.15, -0.1) is 11.3 Å². The van der Waals surface area contributed by atoms with Crippen molar-refractivity contribution in [3.8, 4) is 0 Å². The molecule has 0 spiro atoms. The van der Waals surface area contributed by atoms with E-state index in [0.717, 1.165) is 0 Å². The van der Waals surface area contributed by atoms with Crippen molar-refractivity contribution in [3.05, 3.63) is 11.6 Å². The summed E-state index contributed by atoms with van der Waals surface area (Å²) in [6.07, 6.45) is 2.83. The van der Waals surface area contributed by atoms with Crippen molar-refractivity contribution < 1.29 is 13.2 Å². The number of hydrogen-bond donors (Lipinski definition) is 1. The van der Waals surface area contributed by atoms with Gasteiger partial charge in [-0.2, -0.15) is 17.0 Å². The number of nitrogens with zero attached hydrogens (tertiary/aromatic N) is 3. The van der Waals surface area contributed by atoms with Crippen LogP contribution in [-0.4, -0.2) is 53.6 Å². The summed E-state index contributed by atoms with van der Waals surface area (Å²) in [6.45, 7) is 4.77. The summed E-state index contributed by atoms with van der Waals surface area (Å²) in [6, 6.07) is -0.653. The summed E-state index contributed by atoms with van der Waals surface area (Å²) in [7, 11) is -3.59. The lowest BCUT2D eigenvalue weighted by molar-refractivity contribution is -0.119. The second-order valence-electron chi connectivity index (χ2n) is 4.69. The van der Waals surface area contributed by atoms with E-state index in [4.69, 9.17) is 0 Å². The smallest absolute Gasteiger partial charge is 0.282 e. The van der Waals surface area contributed by atoms with E-state index in [1.807, 2.05) is 0 Å². The van der Waals surface area contributed by atoms with E-state index >= 15 is 0 Å². The summed E-state index contributed by atoms with van der Waals surface area (Å²) in [5.41, 5.74) is 0. The van der Waals surface area contributed by atoms with Gasteiger partial charge in [-0.25, -0.2) is 4.98 Å². The molecule has 0 unspecified atom stereocenters. The Labute approximate surface area is 129 Å². The third kappa shape index (κ3) is 3.42. The van der Waals surface area contributed by atoms with Crippen LogP contribution in [0.15, 0.2) is 11.6 Å². The summed E-state index contributed by atoms with van der Waals surface area (Å²) in [5, 5.41) is 4.94. The minimum Gasteiger partial charge on any atom is -0.301 e. The van der Waals surface area contributed by atoms with E-state index in [9.17, 15) is 13.2 Å². The Bertz CT molecular complexity index is 569. The average molecular weight is 332 g/mol. The number of rotatable bonds is 6. The largest absolute Gasteiger partial charge is 0.301 e. The van der Waals surface area contributed by atoms with E-state index < -0.39 is 16.3 Å². The number of amides is 1. The highest BCUT2D eigenvalue weighted by Crippen LogP contribution is 2.24. The van der Waals surface area contributed by atoms with Crippen molar-refractivity contribution in [3.63, 3.8) is 0 Å².